The van der Waals surface area contributed by atoms with E-state index in [9.17, 15) is 0 Å². The number of para-hydroxylation sites is 4. The molecule has 3 heterocycles. The first-order chi connectivity index (χ1) is 22.4. The van der Waals surface area contributed by atoms with Crippen LogP contribution in [0.4, 0.5) is 34.1 Å². The summed E-state index contributed by atoms with van der Waals surface area (Å²) in [6, 6.07) is 47.9. The van der Waals surface area contributed by atoms with Crippen molar-refractivity contribution in [2.45, 2.75) is 6.92 Å². The molecule has 5 aromatic carbocycles. The van der Waals surface area contributed by atoms with Gasteiger partial charge in [-0.05, 0) is 60.3 Å². The molecule has 6 heteroatoms. The van der Waals surface area contributed by atoms with E-state index in [2.05, 4.69) is 83.1 Å². The Kier molecular flexibility index (Phi) is 6.33. The van der Waals surface area contributed by atoms with Crippen LogP contribution in [0, 0.1) is 19.1 Å². The standard InChI is InChI=1S/C38H29N5.Pt/c1-27-21-22-39-38(23-27)43-34-16-7-6-15-32(34)33-20-19-31(25-37(33)43)42(28-11-4-3-5-12-28)30-14-10-13-29(24-30)41-26-40(2)35-17-8-9-18-36(35)41;/h3-23H,26H2,1-2H3;/q-2;+2/i2D3;. The average Bonchev–Trinajstić information content (AvgIpc) is 3.62. The van der Waals surface area contributed by atoms with Crippen molar-refractivity contribution in [1.82, 2.24) is 9.55 Å². The summed E-state index contributed by atoms with van der Waals surface area (Å²) in [5.74, 6) is 0.839. The largest absolute Gasteiger partial charge is 2.00 e. The van der Waals surface area contributed by atoms with Gasteiger partial charge in [-0.1, -0.05) is 71.1 Å². The van der Waals surface area contributed by atoms with Gasteiger partial charge >= 0.3 is 21.1 Å². The molecule has 216 valence electrons. The number of aryl methyl sites for hydroxylation is 1. The maximum Gasteiger partial charge on any atom is 2.00 e. The molecular weight excluding hydrogens is 722 g/mol. The Morgan fingerprint density at radius 1 is 0.750 bits per heavy atom. The second-order valence-electron chi connectivity index (χ2n) is 10.7. The topological polar surface area (TPSA) is 27.5 Å². The van der Waals surface area contributed by atoms with Crippen LogP contribution < -0.4 is 14.7 Å². The molecule has 0 saturated heterocycles. The zero-order valence-corrected chi connectivity index (χ0v) is 26.2. The van der Waals surface area contributed by atoms with Crippen LogP contribution in [-0.4, -0.2) is 23.2 Å². The van der Waals surface area contributed by atoms with Gasteiger partial charge in [0.1, 0.15) is 5.82 Å². The minimum absolute atomic E-state index is 0. The van der Waals surface area contributed by atoms with Crippen LogP contribution in [0.25, 0.3) is 27.6 Å². The number of hydrogen-bond donors (Lipinski definition) is 0. The zero-order chi connectivity index (χ0) is 31.4. The van der Waals surface area contributed by atoms with Gasteiger partial charge in [-0.25, -0.2) is 4.98 Å². The van der Waals surface area contributed by atoms with Crippen LogP contribution in [0.15, 0.2) is 128 Å². The van der Waals surface area contributed by atoms with Crippen molar-refractivity contribution in [3.05, 3.63) is 145 Å². The van der Waals surface area contributed by atoms with Gasteiger partial charge in [0.05, 0.1) is 18.0 Å². The molecule has 0 bridgehead atoms. The summed E-state index contributed by atoms with van der Waals surface area (Å²) in [5, 5.41) is 2.22. The second-order valence-corrected chi connectivity index (χ2v) is 10.7. The number of benzene rings is 5. The summed E-state index contributed by atoms with van der Waals surface area (Å²) < 4.78 is 26.6. The van der Waals surface area contributed by atoms with Crippen molar-refractivity contribution >= 4 is 55.9 Å². The molecule has 0 fully saturated rings. The summed E-state index contributed by atoms with van der Waals surface area (Å²) in [7, 11) is 0. The Hall–Kier alpha value is -4.86. The van der Waals surface area contributed by atoms with Crippen molar-refractivity contribution in [3.63, 3.8) is 0 Å². The monoisotopic (exact) mass is 753 g/mol. The Labute approximate surface area is 276 Å². The normalized spacial score (nSPS) is 13.7. The molecule has 44 heavy (non-hydrogen) atoms. The Balaban J connectivity index is 0.00000351. The average molecular weight is 754 g/mol. The van der Waals surface area contributed by atoms with E-state index in [1.807, 2.05) is 77.8 Å². The molecule has 8 rings (SSSR count). The number of rotatable bonds is 5. The molecule has 0 amide bonds. The van der Waals surface area contributed by atoms with Gasteiger partial charge in [-0.3, -0.25) is 0 Å². The van der Waals surface area contributed by atoms with Crippen molar-refractivity contribution < 1.29 is 25.2 Å². The third-order valence-electron chi connectivity index (χ3n) is 8.00. The van der Waals surface area contributed by atoms with Crippen LogP contribution in [0.3, 0.4) is 0 Å². The molecule has 1 aliphatic rings. The molecule has 0 unspecified atom stereocenters. The molecular formula is C38H29N5Pt. The number of anilines is 6. The maximum atomic E-state index is 8.15. The van der Waals surface area contributed by atoms with Crippen molar-refractivity contribution in [2.75, 3.05) is 28.3 Å². The first-order valence-corrected chi connectivity index (χ1v) is 14.3. The van der Waals surface area contributed by atoms with Crippen LogP contribution in [0.5, 0.6) is 0 Å². The van der Waals surface area contributed by atoms with Crippen LogP contribution in [0.1, 0.15) is 9.68 Å². The quantitative estimate of drug-likeness (QED) is 0.164. The van der Waals surface area contributed by atoms with E-state index in [4.69, 9.17) is 9.10 Å². The summed E-state index contributed by atoms with van der Waals surface area (Å²) in [4.78, 5) is 10.3. The van der Waals surface area contributed by atoms with E-state index < -0.39 is 6.98 Å². The van der Waals surface area contributed by atoms with E-state index >= 15 is 0 Å². The van der Waals surface area contributed by atoms with Crippen LogP contribution in [-0.2, 0) is 21.1 Å². The number of aromatic nitrogens is 2. The number of hydrogen-bond acceptors (Lipinski definition) is 4. The van der Waals surface area contributed by atoms with Crippen molar-refractivity contribution in [3.8, 4) is 5.82 Å². The third-order valence-corrected chi connectivity index (χ3v) is 8.00. The minimum atomic E-state index is -2.27. The zero-order valence-electron chi connectivity index (χ0n) is 26.9. The third kappa shape index (κ3) is 4.65. The van der Waals surface area contributed by atoms with Gasteiger partial charge in [0, 0.05) is 28.5 Å². The van der Waals surface area contributed by atoms with E-state index in [-0.39, 0.29) is 27.7 Å². The molecule has 0 atom stereocenters. The predicted octanol–water partition coefficient (Wildman–Crippen LogP) is 9.10. The molecule has 2 aromatic heterocycles. The second kappa shape index (κ2) is 11.3. The fraction of sp³-hybridized carbons (Fsp3) is 0.0789. The molecule has 0 saturated carbocycles. The van der Waals surface area contributed by atoms with Crippen molar-refractivity contribution in [1.29, 1.82) is 0 Å². The molecule has 0 radical (unpaired) electrons. The summed E-state index contributed by atoms with van der Waals surface area (Å²) in [5.41, 5.74) is 8.01. The Bertz CT molecular complexity index is 2230. The van der Waals surface area contributed by atoms with Gasteiger partial charge in [0.2, 0.25) is 0 Å². The first-order valence-electron chi connectivity index (χ1n) is 15.8. The van der Waals surface area contributed by atoms with Gasteiger partial charge in [-0.2, -0.15) is 12.1 Å². The molecule has 0 N–H and O–H groups in total. The number of nitrogens with zero attached hydrogens (tertiary/aromatic N) is 5. The molecule has 0 spiro atoms. The van der Waals surface area contributed by atoms with E-state index in [1.54, 1.807) is 0 Å². The molecule has 1 aliphatic heterocycles. The fourth-order valence-corrected chi connectivity index (χ4v) is 6.03. The molecule has 5 nitrogen and oxygen atoms in total. The smallest absolute Gasteiger partial charge is 0.358 e. The van der Waals surface area contributed by atoms with Gasteiger partial charge in [0.25, 0.3) is 0 Å². The van der Waals surface area contributed by atoms with Gasteiger partial charge < -0.3 is 19.3 Å². The SMILES string of the molecule is [2H]C([2H])([2H])N1CN(c2[c-]c(N(c3[c-]c4c(cc3)c3ccccc3n4-c3cc(C)ccn3)c3ccccc3)ccc2)c2ccccc21.[Pt+2]. The van der Waals surface area contributed by atoms with Crippen LogP contribution in [0.2, 0.25) is 0 Å². The first kappa shape index (κ1) is 24.6. The Morgan fingerprint density at radius 3 is 2.36 bits per heavy atom. The summed E-state index contributed by atoms with van der Waals surface area (Å²) >= 11 is 0. The maximum absolute atomic E-state index is 8.15. The predicted molar refractivity (Wildman–Crippen MR) is 178 cm³/mol. The fourth-order valence-electron chi connectivity index (χ4n) is 6.03. The summed E-state index contributed by atoms with van der Waals surface area (Å²) in [6.45, 7) is 0.000584. The number of fused-ring (bicyclic) bond motifs is 4. The molecule has 7 aromatic rings. The minimum Gasteiger partial charge on any atom is -0.358 e. The van der Waals surface area contributed by atoms with E-state index in [1.165, 1.54) is 4.90 Å². The van der Waals surface area contributed by atoms with E-state index in [0.717, 1.165) is 61.6 Å². The summed E-state index contributed by atoms with van der Waals surface area (Å²) in [6.07, 6.45) is 1.84. The number of pyridine rings is 1. The van der Waals surface area contributed by atoms with E-state index in [0.29, 0.717) is 5.69 Å². The van der Waals surface area contributed by atoms with Crippen LogP contribution >= 0.6 is 0 Å². The Morgan fingerprint density at radius 2 is 1.52 bits per heavy atom. The van der Waals surface area contributed by atoms with Crippen molar-refractivity contribution in [2.24, 2.45) is 0 Å². The van der Waals surface area contributed by atoms with Gasteiger partial charge in [0.15, 0.2) is 0 Å². The van der Waals surface area contributed by atoms with Gasteiger partial charge in [-0.15, -0.1) is 35.7 Å². The molecule has 0 aliphatic carbocycles.